The molecule has 1 aromatic heterocycles. The molecular formula is C19H16ClF2N3O2S. The number of amides is 1. The highest BCUT2D eigenvalue weighted by molar-refractivity contribution is 7.99. The summed E-state index contributed by atoms with van der Waals surface area (Å²) < 4.78 is 25.4. The first-order chi connectivity index (χ1) is 13.4. The molecule has 0 aliphatic carbocycles. The number of H-pyrrole nitrogens is 1. The predicted molar refractivity (Wildman–Crippen MR) is 107 cm³/mol. The summed E-state index contributed by atoms with van der Waals surface area (Å²) in [4.78, 5) is 31.5. The molecule has 3 rings (SSSR count). The minimum Gasteiger partial charge on any atom is -0.325 e. The lowest BCUT2D eigenvalue weighted by atomic mass is 10.2. The van der Waals surface area contributed by atoms with Crippen LogP contribution in [0.3, 0.4) is 0 Å². The molecular weight excluding hydrogens is 408 g/mol. The number of halogens is 3. The van der Waals surface area contributed by atoms with Crippen molar-refractivity contribution >= 4 is 45.9 Å². The van der Waals surface area contributed by atoms with Gasteiger partial charge < -0.3 is 10.3 Å². The number of rotatable bonds is 7. The number of para-hydroxylation sites is 1. The van der Waals surface area contributed by atoms with Gasteiger partial charge in [-0.25, -0.2) is 4.98 Å². The number of aromatic amines is 1. The van der Waals surface area contributed by atoms with E-state index in [1.54, 1.807) is 30.3 Å². The molecule has 0 aliphatic rings. The zero-order valence-corrected chi connectivity index (χ0v) is 16.1. The quantitative estimate of drug-likeness (QED) is 0.532. The Bertz CT molecular complexity index is 1060. The maximum atomic E-state index is 12.7. The van der Waals surface area contributed by atoms with Crippen LogP contribution in [0.25, 0.3) is 10.9 Å². The van der Waals surface area contributed by atoms with Crippen molar-refractivity contribution in [2.45, 2.75) is 29.9 Å². The van der Waals surface area contributed by atoms with Crippen molar-refractivity contribution in [2.75, 3.05) is 5.32 Å². The molecule has 0 atom stereocenters. The van der Waals surface area contributed by atoms with Crippen LogP contribution in [0.4, 0.5) is 14.5 Å². The second kappa shape index (κ2) is 9.16. The number of aromatic nitrogens is 2. The molecule has 0 unspecified atom stereocenters. The average Bonchev–Trinajstić information content (AvgIpc) is 2.64. The molecule has 0 radical (unpaired) electrons. The molecule has 0 aliphatic heterocycles. The summed E-state index contributed by atoms with van der Waals surface area (Å²) in [5.74, 6) is -2.49. The van der Waals surface area contributed by atoms with Crippen LogP contribution in [0.5, 0.6) is 0 Å². The lowest BCUT2D eigenvalue weighted by molar-refractivity contribution is -0.116. The van der Waals surface area contributed by atoms with Crippen molar-refractivity contribution in [3.05, 3.63) is 63.7 Å². The van der Waals surface area contributed by atoms with Gasteiger partial charge in [0, 0.05) is 12.8 Å². The van der Waals surface area contributed by atoms with Crippen LogP contribution in [0.15, 0.2) is 52.2 Å². The number of nitrogens with one attached hydrogen (secondary N) is 2. The van der Waals surface area contributed by atoms with Crippen molar-refractivity contribution < 1.29 is 13.6 Å². The molecule has 1 heterocycles. The van der Waals surface area contributed by atoms with E-state index in [2.05, 4.69) is 15.3 Å². The summed E-state index contributed by atoms with van der Waals surface area (Å²) >= 11 is 6.24. The van der Waals surface area contributed by atoms with Crippen molar-refractivity contribution in [1.82, 2.24) is 9.97 Å². The number of carbonyl (C=O) groups excluding carboxylic acids is 1. The van der Waals surface area contributed by atoms with Crippen LogP contribution in [0, 0.1) is 0 Å². The number of thioether (sulfide) groups is 1. The lowest BCUT2D eigenvalue weighted by Crippen LogP contribution is -2.14. The van der Waals surface area contributed by atoms with Crippen molar-refractivity contribution in [2.24, 2.45) is 0 Å². The fraction of sp³-hybridized carbons (Fsp3) is 0.211. The summed E-state index contributed by atoms with van der Waals surface area (Å²) in [6.45, 7) is 0. The van der Waals surface area contributed by atoms with Crippen molar-refractivity contribution in [3.63, 3.8) is 0 Å². The Morgan fingerprint density at radius 3 is 2.79 bits per heavy atom. The zero-order valence-electron chi connectivity index (χ0n) is 14.5. The Balaban J connectivity index is 1.61. The summed E-state index contributed by atoms with van der Waals surface area (Å²) in [7, 11) is 0. The Labute approximate surface area is 168 Å². The third kappa shape index (κ3) is 5.08. The average molecular weight is 424 g/mol. The highest BCUT2D eigenvalue weighted by Gasteiger charge is 2.15. The van der Waals surface area contributed by atoms with Crippen LogP contribution in [0.1, 0.15) is 18.7 Å². The molecule has 0 bridgehead atoms. The van der Waals surface area contributed by atoms with Crippen LogP contribution < -0.4 is 10.9 Å². The number of alkyl halides is 2. The molecule has 0 saturated carbocycles. The SMILES string of the molecule is O=C(CCCc1nc2ccccc2c(=O)[nH]1)Nc1cccc(Cl)c1SC(F)F. The van der Waals surface area contributed by atoms with E-state index in [1.165, 1.54) is 12.1 Å². The highest BCUT2D eigenvalue weighted by Crippen LogP contribution is 2.37. The van der Waals surface area contributed by atoms with E-state index >= 15 is 0 Å². The van der Waals surface area contributed by atoms with E-state index in [0.717, 1.165) is 0 Å². The van der Waals surface area contributed by atoms with Gasteiger partial charge >= 0.3 is 0 Å². The largest absolute Gasteiger partial charge is 0.325 e. The third-order valence-electron chi connectivity index (χ3n) is 3.93. The molecule has 9 heteroatoms. The molecule has 0 saturated heterocycles. The summed E-state index contributed by atoms with van der Waals surface area (Å²) in [6.07, 6.45) is 0.981. The normalized spacial score (nSPS) is 11.1. The minimum atomic E-state index is -2.65. The first-order valence-corrected chi connectivity index (χ1v) is 9.71. The van der Waals surface area contributed by atoms with Gasteiger partial charge in [-0.15, -0.1) is 0 Å². The van der Waals surface area contributed by atoms with E-state index in [1.807, 2.05) is 0 Å². The van der Waals surface area contributed by atoms with Crippen molar-refractivity contribution in [1.29, 1.82) is 0 Å². The van der Waals surface area contributed by atoms with Gasteiger partial charge in [0.05, 0.1) is 26.5 Å². The minimum absolute atomic E-state index is 0.132. The fourth-order valence-corrected chi connectivity index (χ4v) is 3.61. The monoisotopic (exact) mass is 423 g/mol. The molecule has 0 spiro atoms. The Morgan fingerprint density at radius 1 is 1.21 bits per heavy atom. The molecule has 1 amide bonds. The summed E-state index contributed by atoms with van der Waals surface area (Å²) in [5.41, 5.74) is 0.621. The maximum absolute atomic E-state index is 12.7. The second-order valence-electron chi connectivity index (χ2n) is 5.93. The third-order valence-corrected chi connectivity index (χ3v) is 5.21. The molecule has 5 nitrogen and oxygen atoms in total. The Hall–Kier alpha value is -2.45. The number of benzene rings is 2. The van der Waals surface area contributed by atoms with Gasteiger partial charge in [-0.3, -0.25) is 9.59 Å². The molecule has 0 fully saturated rings. The van der Waals surface area contributed by atoms with E-state index in [9.17, 15) is 18.4 Å². The summed E-state index contributed by atoms with van der Waals surface area (Å²) in [5, 5.41) is 3.28. The molecule has 3 aromatic rings. The number of nitrogens with zero attached hydrogens (tertiary/aromatic N) is 1. The molecule has 146 valence electrons. The zero-order chi connectivity index (χ0) is 20.1. The van der Waals surface area contributed by atoms with Crippen molar-refractivity contribution in [3.8, 4) is 0 Å². The van der Waals surface area contributed by atoms with E-state index in [-0.39, 0.29) is 45.3 Å². The first kappa shape index (κ1) is 20.3. The van der Waals surface area contributed by atoms with Gasteiger partial charge in [-0.05, 0) is 30.7 Å². The Kier molecular flexibility index (Phi) is 6.64. The molecule has 28 heavy (non-hydrogen) atoms. The number of aryl methyl sites for hydroxylation is 1. The van der Waals surface area contributed by atoms with Gasteiger partial charge in [0.2, 0.25) is 5.91 Å². The van der Waals surface area contributed by atoms with Gasteiger partial charge in [0.1, 0.15) is 5.82 Å². The Morgan fingerprint density at radius 2 is 2.00 bits per heavy atom. The van der Waals surface area contributed by atoms with Gasteiger partial charge in [0.25, 0.3) is 11.3 Å². The van der Waals surface area contributed by atoms with Gasteiger partial charge in [-0.2, -0.15) is 8.78 Å². The van der Waals surface area contributed by atoms with E-state index < -0.39 is 5.76 Å². The highest BCUT2D eigenvalue weighted by atomic mass is 35.5. The van der Waals surface area contributed by atoms with E-state index in [4.69, 9.17) is 11.6 Å². The fourth-order valence-electron chi connectivity index (χ4n) is 2.70. The van der Waals surface area contributed by atoms with Gasteiger partial charge in [0.15, 0.2) is 0 Å². The standard InChI is InChI=1S/C19H16ClF2N3O2S/c20-12-6-3-8-14(17(12)28-19(21)22)24-16(26)10-4-9-15-23-13-7-2-1-5-11(13)18(27)25-15/h1-3,5-8,19H,4,9-10H2,(H,24,26)(H,23,25,27). The van der Waals surface area contributed by atoms with Crippen LogP contribution >= 0.6 is 23.4 Å². The lowest BCUT2D eigenvalue weighted by Gasteiger charge is -2.12. The van der Waals surface area contributed by atoms with Crippen LogP contribution in [-0.2, 0) is 11.2 Å². The maximum Gasteiger partial charge on any atom is 0.289 e. The molecule has 2 N–H and O–H groups in total. The first-order valence-electron chi connectivity index (χ1n) is 8.45. The van der Waals surface area contributed by atoms with E-state index in [0.29, 0.717) is 29.6 Å². The van der Waals surface area contributed by atoms with Crippen LogP contribution in [-0.4, -0.2) is 21.6 Å². The number of hydrogen-bond acceptors (Lipinski definition) is 4. The number of carbonyl (C=O) groups is 1. The topological polar surface area (TPSA) is 74.8 Å². The second-order valence-corrected chi connectivity index (χ2v) is 7.33. The molecule has 2 aromatic carbocycles. The predicted octanol–water partition coefficient (Wildman–Crippen LogP) is 4.85. The van der Waals surface area contributed by atoms with Gasteiger partial charge in [-0.1, -0.05) is 41.6 Å². The number of fused-ring (bicyclic) bond motifs is 1. The number of hydrogen-bond donors (Lipinski definition) is 2. The van der Waals surface area contributed by atoms with Crippen LogP contribution in [0.2, 0.25) is 5.02 Å². The summed E-state index contributed by atoms with van der Waals surface area (Å²) in [6, 6.07) is 11.6. The number of anilines is 1. The smallest absolute Gasteiger partial charge is 0.289 e.